The van der Waals surface area contributed by atoms with Crippen molar-refractivity contribution in [3.05, 3.63) is 34.9 Å². The smallest absolute Gasteiger partial charge is 0.251 e. The fourth-order valence-electron chi connectivity index (χ4n) is 4.36. The number of nitrogens with one attached hydrogen (secondary N) is 1. The lowest BCUT2D eigenvalue weighted by Gasteiger charge is -2.46. The molecule has 2 heterocycles. The van der Waals surface area contributed by atoms with Gasteiger partial charge in [0.05, 0.1) is 6.54 Å². The number of hydrogen-bond donors (Lipinski definition) is 1. The molecule has 5 nitrogen and oxygen atoms in total. The summed E-state index contributed by atoms with van der Waals surface area (Å²) in [6, 6.07) is 6.10. The fourth-order valence-corrected chi connectivity index (χ4v) is 4.36. The van der Waals surface area contributed by atoms with Crippen LogP contribution in [0, 0.1) is 19.8 Å². The van der Waals surface area contributed by atoms with E-state index in [9.17, 15) is 9.59 Å². The molecule has 2 aliphatic heterocycles. The van der Waals surface area contributed by atoms with E-state index in [0.29, 0.717) is 17.5 Å². The summed E-state index contributed by atoms with van der Waals surface area (Å²) in [6.45, 7) is 6.98. The predicted molar refractivity (Wildman–Crippen MR) is 98.6 cm³/mol. The molecule has 2 aliphatic rings. The van der Waals surface area contributed by atoms with Gasteiger partial charge in [-0.05, 0) is 64.8 Å². The van der Waals surface area contributed by atoms with Crippen LogP contribution in [0.25, 0.3) is 0 Å². The van der Waals surface area contributed by atoms with E-state index in [2.05, 4.69) is 17.3 Å². The van der Waals surface area contributed by atoms with Gasteiger partial charge in [-0.25, -0.2) is 0 Å². The maximum absolute atomic E-state index is 12.7. The molecular weight excluding hydrogens is 314 g/mol. The highest BCUT2D eigenvalue weighted by molar-refractivity contribution is 5.96. The third-order valence-corrected chi connectivity index (χ3v) is 5.48. The zero-order chi connectivity index (χ0) is 18.0. The summed E-state index contributed by atoms with van der Waals surface area (Å²) in [4.78, 5) is 29.5. The van der Waals surface area contributed by atoms with Crippen LogP contribution in [0.2, 0.25) is 0 Å². The molecule has 5 heteroatoms. The molecule has 0 unspecified atom stereocenters. The van der Waals surface area contributed by atoms with Crippen LogP contribution in [0.5, 0.6) is 0 Å². The van der Waals surface area contributed by atoms with E-state index in [0.717, 1.165) is 43.6 Å². The molecule has 2 amide bonds. The Morgan fingerprint density at radius 2 is 1.84 bits per heavy atom. The Hall–Kier alpha value is -1.88. The minimum atomic E-state index is -0.169. The average molecular weight is 343 g/mol. The zero-order valence-electron chi connectivity index (χ0n) is 15.5. The van der Waals surface area contributed by atoms with E-state index in [1.54, 1.807) is 0 Å². The van der Waals surface area contributed by atoms with Gasteiger partial charge in [-0.3, -0.25) is 9.59 Å². The Bertz CT molecular complexity index is 638. The Balaban J connectivity index is 1.59. The first-order valence-corrected chi connectivity index (χ1v) is 9.28. The summed E-state index contributed by atoms with van der Waals surface area (Å²) >= 11 is 0. The van der Waals surface area contributed by atoms with Crippen molar-refractivity contribution in [1.82, 2.24) is 15.1 Å². The van der Waals surface area contributed by atoms with Crippen LogP contribution in [0.4, 0.5) is 0 Å². The number of piperidine rings is 2. The Morgan fingerprint density at radius 1 is 1.12 bits per heavy atom. The molecule has 0 radical (unpaired) electrons. The van der Waals surface area contributed by atoms with Gasteiger partial charge in [0.1, 0.15) is 0 Å². The van der Waals surface area contributed by atoms with Gasteiger partial charge in [0.25, 0.3) is 5.91 Å². The fraction of sp³-hybridized carbons (Fsp3) is 0.600. The van der Waals surface area contributed by atoms with Gasteiger partial charge < -0.3 is 15.1 Å². The van der Waals surface area contributed by atoms with Crippen LogP contribution in [0.3, 0.4) is 0 Å². The highest BCUT2D eigenvalue weighted by Crippen LogP contribution is 2.30. The molecule has 2 atom stereocenters. The Kier molecular flexibility index (Phi) is 5.42. The van der Waals surface area contributed by atoms with Crippen molar-refractivity contribution in [3.8, 4) is 0 Å². The molecule has 0 aromatic heterocycles. The van der Waals surface area contributed by atoms with Crippen LogP contribution in [-0.4, -0.2) is 60.9 Å². The second-order valence-corrected chi connectivity index (χ2v) is 7.67. The summed E-state index contributed by atoms with van der Waals surface area (Å²) in [5.41, 5.74) is 2.74. The lowest BCUT2D eigenvalue weighted by atomic mass is 9.84. The number of nitrogens with zero attached hydrogens (tertiary/aromatic N) is 2. The SMILES string of the molecule is Cc1cc(C)cc(C(=O)NCC(=O)N2CCC[C@H]3CN(C)CC[C@@H]32)c1. The molecule has 0 bridgehead atoms. The summed E-state index contributed by atoms with van der Waals surface area (Å²) in [5, 5.41) is 2.81. The van der Waals surface area contributed by atoms with Crippen molar-refractivity contribution >= 4 is 11.8 Å². The lowest BCUT2D eigenvalue weighted by molar-refractivity contribution is -0.137. The highest BCUT2D eigenvalue weighted by Gasteiger charge is 2.37. The van der Waals surface area contributed by atoms with Gasteiger partial charge in [0, 0.05) is 24.7 Å². The lowest BCUT2D eigenvalue weighted by Crippen LogP contribution is -2.56. The number of amides is 2. The van der Waals surface area contributed by atoms with E-state index in [4.69, 9.17) is 0 Å². The van der Waals surface area contributed by atoms with Gasteiger partial charge in [-0.15, -0.1) is 0 Å². The topological polar surface area (TPSA) is 52.7 Å². The maximum atomic E-state index is 12.7. The first-order chi connectivity index (χ1) is 11.9. The number of fused-ring (bicyclic) bond motifs is 1. The van der Waals surface area contributed by atoms with Crippen molar-refractivity contribution in [1.29, 1.82) is 0 Å². The standard InChI is InChI=1S/C20H29N3O2/c1-14-9-15(2)11-17(10-14)20(25)21-12-19(24)23-7-4-5-16-13-22(3)8-6-18(16)23/h9-11,16,18H,4-8,12-13H2,1-3H3,(H,21,25)/t16-,18-/m0/s1. The molecule has 1 aromatic carbocycles. The third-order valence-electron chi connectivity index (χ3n) is 5.48. The van der Waals surface area contributed by atoms with Crippen molar-refractivity contribution in [2.45, 2.75) is 39.2 Å². The molecule has 1 aromatic rings. The van der Waals surface area contributed by atoms with Gasteiger partial charge >= 0.3 is 0 Å². The van der Waals surface area contributed by atoms with Crippen molar-refractivity contribution in [2.24, 2.45) is 5.92 Å². The van der Waals surface area contributed by atoms with Crippen LogP contribution < -0.4 is 5.32 Å². The summed E-state index contributed by atoms with van der Waals surface area (Å²) in [7, 11) is 2.15. The molecule has 136 valence electrons. The number of rotatable bonds is 3. The molecule has 0 saturated carbocycles. The molecule has 2 fully saturated rings. The number of carbonyl (C=O) groups excluding carboxylic acids is 2. The third kappa shape index (κ3) is 4.21. The van der Waals surface area contributed by atoms with E-state index in [1.165, 1.54) is 6.42 Å². The molecule has 0 aliphatic carbocycles. The maximum Gasteiger partial charge on any atom is 0.251 e. The number of hydrogen-bond acceptors (Lipinski definition) is 3. The quantitative estimate of drug-likeness (QED) is 0.913. The normalized spacial score (nSPS) is 23.9. The summed E-state index contributed by atoms with van der Waals surface area (Å²) < 4.78 is 0. The summed E-state index contributed by atoms with van der Waals surface area (Å²) in [5.74, 6) is 0.459. The number of aryl methyl sites for hydroxylation is 2. The molecule has 3 rings (SSSR count). The van der Waals surface area contributed by atoms with Gasteiger partial charge in [-0.2, -0.15) is 0 Å². The van der Waals surface area contributed by atoms with Crippen LogP contribution >= 0.6 is 0 Å². The number of benzene rings is 1. The molecule has 2 saturated heterocycles. The first-order valence-electron chi connectivity index (χ1n) is 9.28. The van der Waals surface area contributed by atoms with E-state index in [1.807, 2.05) is 36.9 Å². The Labute approximate surface area is 150 Å². The predicted octanol–water partition coefficient (Wildman–Crippen LogP) is 1.98. The molecular formula is C20H29N3O2. The average Bonchev–Trinajstić information content (AvgIpc) is 2.57. The number of carbonyl (C=O) groups is 2. The van der Waals surface area contributed by atoms with Gasteiger partial charge in [0.15, 0.2) is 0 Å². The Morgan fingerprint density at radius 3 is 2.56 bits per heavy atom. The summed E-state index contributed by atoms with van der Waals surface area (Å²) in [6.07, 6.45) is 3.30. The van der Waals surface area contributed by atoms with E-state index < -0.39 is 0 Å². The number of likely N-dealkylation sites (tertiary alicyclic amines) is 2. The monoisotopic (exact) mass is 343 g/mol. The van der Waals surface area contributed by atoms with Gasteiger partial charge in [-0.1, -0.05) is 17.2 Å². The molecule has 0 spiro atoms. The van der Waals surface area contributed by atoms with Crippen LogP contribution in [-0.2, 0) is 4.79 Å². The van der Waals surface area contributed by atoms with E-state index >= 15 is 0 Å². The highest BCUT2D eigenvalue weighted by atomic mass is 16.2. The van der Waals surface area contributed by atoms with Crippen molar-refractivity contribution < 1.29 is 9.59 Å². The van der Waals surface area contributed by atoms with Gasteiger partial charge in [0.2, 0.25) is 5.91 Å². The first kappa shape index (κ1) is 17.9. The largest absolute Gasteiger partial charge is 0.343 e. The second-order valence-electron chi connectivity index (χ2n) is 7.67. The van der Waals surface area contributed by atoms with E-state index in [-0.39, 0.29) is 18.4 Å². The zero-order valence-corrected chi connectivity index (χ0v) is 15.5. The van der Waals surface area contributed by atoms with Crippen LogP contribution in [0.1, 0.15) is 40.7 Å². The molecule has 1 N–H and O–H groups in total. The minimum absolute atomic E-state index is 0.0528. The van der Waals surface area contributed by atoms with Crippen LogP contribution in [0.15, 0.2) is 18.2 Å². The minimum Gasteiger partial charge on any atom is -0.343 e. The van der Waals surface area contributed by atoms with Crippen molar-refractivity contribution in [2.75, 3.05) is 33.2 Å². The molecule has 25 heavy (non-hydrogen) atoms. The van der Waals surface area contributed by atoms with Crippen molar-refractivity contribution in [3.63, 3.8) is 0 Å². The second kappa shape index (κ2) is 7.56.